The molecule has 3 aromatic rings. The van der Waals surface area contributed by atoms with Crippen LogP contribution in [-0.2, 0) is 20.9 Å². The SMILES string of the molecule is Cc1cc(C)nc(SCC(=O)N(Cc2ccccc2)C2CC(=O)N(c3ccccc3)C2=O)n1. The molecular formula is C25H24N4O3S. The summed E-state index contributed by atoms with van der Waals surface area (Å²) in [5.41, 5.74) is 3.05. The Balaban J connectivity index is 1.57. The van der Waals surface area contributed by atoms with Crippen LogP contribution in [-0.4, -0.2) is 44.4 Å². The predicted molar refractivity (Wildman–Crippen MR) is 127 cm³/mol. The van der Waals surface area contributed by atoms with Gasteiger partial charge in [0.05, 0.1) is 17.9 Å². The van der Waals surface area contributed by atoms with Gasteiger partial charge in [0.2, 0.25) is 11.8 Å². The quantitative estimate of drug-likeness (QED) is 0.305. The molecule has 1 atom stereocenters. The van der Waals surface area contributed by atoms with Gasteiger partial charge >= 0.3 is 0 Å². The average molecular weight is 461 g/mol. The number of amides is 3. The maximum Gasteiger partial charge on any atom is 0.257 e. The van der Waals surface area contributed by atoms with E-state index in [1.807, 2.05) is 56.3 Å². The van der Waals surface area contributed by atoms with Crippen LogP contribution in [0.1, 0.15) is 23.4 Å². The lowest BCUT2D eigenvalue weighted by Crippen LogP contribution is -2.45. The molecule has 1 aliphatic heterocycles. The normalized spacial score (nSPS) is 15.7. The Morgan fingerprint density at radius 2 is 1.61 bits per heavy atom. The van der Waals surface area contributed by atoms with Crippen LogP contribution in [0.3, 0.4) is 0 Å². The number of aryl methyl sites for hydroxylation is 2. The van der Waals surface area contributed by atoms with Crippen molar-refractivity contribution in [1.82, 2.24) is 14.9 Å². The largest absolute Gasteiger partial charge is 0.325 e. The van der Waals surface area contributed by atoms with Crippen molar-refractivity contribution < 1.29 is 14.4 Å². The minimum absolute atomic E-state index is 0.0446. The van der Waals surface area contributed by atoms with Crippen molar-refractivity contribution in [2.24, 2.45) is 0 Å². The highest BCUT2D eigenvalue weighted by atomic mass is 32.2. The van der Waals surface area contributed by atoms with Crippen LogP contribution in [0.5, 0.6) is 0 Å². The van der Waals surface area contributed by atoms with Crippen LogP contribution >= 0.6 is 11.8 Å². The van der Waals surface area contributed by atoms with Gasteiger partial charge in [-0.2, -0.15) is 0 Å². The lowest BCUT2D eigenvalue weighted by Gasteiger charge is -2.27. The Morgan fingerprint density at radius 1 is 1.00 bits per heavy atom. The lowest BCUT2D eigenvalue weighted by molar-refractivity contribution is -0.136. The molecule has 3 amide bonds. The summed E-state index contributed by atoms with van der Waals surface area (Å²) in [6.07, 6.45) is -0.0446. The number of imide groups is 1. The Morgan fingerprint density at radius 3 is 2.24 bits per heavy atom. The number of hydrogen-bond donors (Lipinski definition) is 0. The highest BCUT2D eigenvalue weighted by molar-refractivity contribution is 7.99. The number of thioether (sulfide) groups is 1. The molecule has 1 fully saturated rings. The molecule has 0 radical (unpaired) electrons. The van der Waals surface area contributed by atoms with E-state index in [0.717, 1.165) is 17.0 Å². The van der Waals surface area contributed by atoms with Crippen molar-refractivity contribution in [3.8, 4) is 0 Å². The first-order valence-electron chi connectivity index (χ1n) is 10.6. The van der Waals surface area contributed by atoms with Crippen LogP contribution < -0.4 is 4.90 Å². The molecule has 0 bridgehead atoms. The number of para-hydroxylation sites is 1. The summed E-state index contributed by atoms with van der Waals surface area (Å²) >= 11 is 1.23. The van der Waals surface area contributed by atoms with E-state index >= 15 is 0 Å². The maximum atomic E-state index is 13.3. The number of carbonyl (C=O) groups excluding carboxylic acids is 3. The van der Waals surface area contributed by atoms with E-state index in [0.29, 0.717) is 10.8 Å². The number of aromatic nitrogens is 2. The van der Waals surface area contributed by atoms with Crippen LogP contribution in [0.2, 0.25) is 0 Å². The predicted octanol–water partition coefficient (Wildman–Crippen LogP) is 3.55. The fraction of sp³-hybridized carbons (Fsp3) is 0.240. The molecule has 8 heteroatoms. The summed E-state index contributed by atoms with van der Waals surface area (Å²) in [5, 5.41) is 0.514. The van der Waals surface area contributed by atoms with Gasteiger partial charge in [-0.1, -0.05) is 60.3 Å². The summed E-state index contributed by atoms with van der Waals surface area (Å²) in [7, 11) is 0. The molecule has 0 aliphatic carbocycles. The number of nitrogens with zero attached hydrogens (tertiary/aromatic N) is 4. The van der Waals surface area contributed by atoms with E-state index in [9.17, 15) is 14.4 Å². The smallest absolute Gasteiger partial charge is 0.257 e. The second-order valence-electron chi connectivity index (χ2n) is 7.85. The van der Waals surface area contributed by atoms with Gasteiger partial charge in [0.25, 0.3) is 5.91 Å². The number of benzene rings is 2. The van der Waals surface area contributed by atoms with Crippen molar-refractivity contribution in [3.63, 3.8) is 0 Å². The summed E-state index contributed by atoms with van der Waals surface area (Å²) in [4.78, 5) is 50.8. The maximum absolute atomic E-state index is 13.3. The van der Waals surface area contributed by atoms with Crippen molar-refractivity contribution >= 4 is 35.2 Å². The summed E-state index contributed by atoms with van der Waals surface area (Å²) in [5.74, 6) is -0.873. The molecule has 33 heavy (non-hydrogen) atoms. The Bertz CT molecular complexity index is 1150. The van der Waals surface area contributed by atoms with Gasteiger partial charge in [0.15, 0.2) is 5.16 Å². The van der Waals surface area contributed by atoms with Gasteiger partial charge in [-0.05, 0) is 37.6 Å². The van der Waals surface area contributed by atoms with Gasteiger partial charge < -0.3 is 4.90 Å². The van der Waals surface area contributed by atoms with E-state index in [1.54, 1.807) is 24.3 Å². The molecule has 4 rings (SSSR count). The molecule has 2 aromatic carbocycles. The molecule has 1 aliphatic rings. The molecule has 0 spiro atoms. The zero-order chi connectivity index (χ0) is 23.4. The van der Waals surface area contributed by atoms with Crippen molar-refractivity contribution in [2.75, 3.05) is 10.7 Å². The minimum Gasteiger partial charge on any atom is -0.325 e. The molecule has 168 valence electrons. The number of anilines is 1. The molecule has 1 unspecified atom stereocenters. The Kier molecular flexibility index (Phi) is 6.84. The first-order valence-corrected chi connectivity index (χ1v) is 11.6. The van der Waals surface area contributed by atoms with E-state index in [1.165, 1.54) is 21.6 Å². The Labute approximate surface area is 196 Å². The van der Waals surface area contributed by atoms with Gasteiger partial charge in [-0.15, -0.1) is 0 Å². The number of hydrogen-bond acceptors (Lipinski definition) is 6. The van der Waals surface area contributed by atoms with Crippen molar-refractivity contribution in [2.45, 2.75) is 38.0 Å². The van der Waals surface area contributed by atoms with E-state index in [2.05, 4.69) is 9.97 Å². The lowest BCUT2D eigenvalue weighted by atomic mass is 10.1. The summed E-state index contributed by atoms with van der Waals surface area (Å²) in [6, 6.07) is 19.3. The molecule has 0 N–H and O–H groups in total. The highest BCUT2D eigenvalue weighted by Gasteiger charge is 2.44. The Hall–Kier alpha value is -3.52. The molecular weight excluding hydrogens is 436 g/mol. The average Bonchev–Trinajstić information content (AvgIpc) is 3.10. The number of rotatable bonds is 7. The van der Waals surface area contributed by atoms with Crippen LogP contribution in [0.15, 0.2) is 71.9 Å². The van der Waals surface area contributed by atoms with Crippen molar-refractivity contribution in [3.05, 3.63) is 83.7 Å². The molecule has 1 aromatic heterocycles. The van der Waals surface area contributed by atoms with Gasteiger partial charge in [0.1, 0.15) is 6.04 Å². The summed E-state index contributed by atoms with van der Waals surface area (Å²) in [6.45, 7) is 3.99. The standard InChI is InChI=1S/C25H24N4O3S/c1-17-13-18(2)27-25(26-17)33-16-23(31)28(15-19-9-5-3-6-10-19)21-14-22(30)29(24(21)32)20-11-7-4-8-12-20/h3-13,21H,14-16H2,1-2H3. The van der Waals surface area contributed by atoms with E-state index in [4.69, 9.17) is 0 Å². The third kappa shape index (κ3) is 5.28. The van der Waals surface area contributed by atoms with Gasteiger partial charge in [0, 0.05) is 17.9 Å². The molecule has 2 heterocycles. The molecule has 1 saturated heterocycles. The monoisotopic (exact) mass is 460 g/mol. The third-order valence-corrected chi connectivity index (χ3v) is 6.15. The van der Waals surface area contributed by atoms with Crippen LogP contribution in [0.4, 0.5) is 5.69 Å². The van der Waals surface area contributed by atoms with Crippen molar-refractivity contribution in [1.29, 1.82) is 0 Å². The number of carbonyl (C=O) groups is 3. The summed E-state index contributed by atoms with van der Waals surface area (Å²) < 4.78 is 0. The zero-order valence-corrected chi connectivity index (χ0v) is 19.3. The highest BCUT2D eigenvalue weighted by Crippen LogP contribution is 2.27. The third-order valence-electron chi connectivity index (χ3n) is 5.32. The second kappa shape index (κ2) is 9.95. The van der Waals surface area contributed by atoms with Crippen LogP contribution in [0.25, 0.3) is 0 Å². The first-order chi connectivity index (χ1) is 15.9. The molecule has 7 nitrogen and oxygen atoms in total. The first kappa shape index (κ1) is 22.7. The second-order valence-corrected chi connectivity index (χ2v) is 8.79. The van der Waals surface area contributed by atoms with E-state index < -0.39 is 6.04 Å². The minimum atomic E-state index is -0.855. The van der Waals surface area contributed by atoms with Gasteiger partial charge in [-0.3, -0.25) is 14.4 Å². The zero-order valence-electron chi connectivity index (χ0n) is 18.5. The topological polar surface area (TPSA) is 83.5 Å². The molecule has 0 saturated carbocycles. The fourth-order valence-electron chi connectivity index (χ4n) is 3.83. The fourth-order valence-corrected chi connectivity index (χ4v) is 4.66. The van der Waals surface area contributed by atoms with E-state index in [-0.39, 0.29) is 36.4 Å². The van der Waals surface area contributed by atoms with Crippen LogP contribution in [0, 0.1) is 13.8 Å². The van der Waals surface area contributed by atoms with Gasteiger partial charge in [-0.25, -0.2) is 14.9 Å².